The molecule has 0 aliphatic carbocycles. The summed E-state index contributed by atoms with van der Waals surface area (Å²) in [7, 11) is 0. The van der Waals surface area contributed by atoms with E-state index in [1.54, 1.807) is 12.1 Å². The molecule has 2 heterocycles. The summed E-state index contributed by atoms with van der Waals surface area (Å²) in [4.78, 5) is 16.8. The van der Waals surface area contributed by atoms with Gasteiger partial charge in [0.25, 0.3) is 0 Å². The molecule has 144 valence electrons. The number of piperidine rings is 1. The molecule has 1 aromatic carbocycles. The molecule has 1 aromatic rings. The Morgan fingerprint density at radius 2 is 1.77 bits per heavy atom. The van der Waals surface area contributed by atoms with Crippen LogP contribution in [0.5, 0.6) is 5.75 Å². The fraction of sp³-hybridized carbons (Fsp3) is 0.650. The Bertz CT molecular complexity index is 591. The van der Waals surface area contributed by atoms with Gasteiger partial charge in [0.2, 0.25) is 0 Å². The van der Waals surface area contributed by atoms with Crippen molar-refractivity contribution < 1.29 is 15.0 Å². The zero-order valence-corrected chi connectivity index (χ0v) is 15.7. The van der Waals surface area contributed by atoms with Gasteiger partial charge in [-0.15, -0.1) is 0 Å². The molecule has 6 heteroatoms. The largest absolute Gasteiger partial charge is 0.508 e. The highest BCUT2D eigenvalue weighted by atomic mass is 16.3. The van der Waals surface area contributed by atoms with E-state index >= 15 is 0 Å². The monoisotopic (exact) mass is 361 g/mol. The Morgan fingerprint density at radius 1 is 1.15 bits per heavy atom. The number of likely N-dealkylation sites (tertiary alicyclic amines) is 2. The van der Waals surface area contributed by atoms with Gasteiger partial charge in [0.05, 0.1) is 11.6 Å². The number of aromatic hydroxyl groups is 1. The van der Waals surface area contributed by atoms with Gasteiger partial charge in [-0.05, 0) is 62.9 Å². The van der Waals surface area contributed by atoms with Crippen molar-refractivity contribution in [1.82, 2.24) is 15.1 Å². The fourth-order valence-corrected chi connectivity index (χ4v) is 4.01. The van der Waals surface area contributed by atoms with Gasteiger partial charge in [0.15, 0.2) is 0 Å². The minimum atomic E-state index is -0.664. The van der Waals surface area contributed by atoms with Crippen LogP contribution in [0.15, 0.2) is 24.3 Å². The number of phenolic OH excluding ortho intramolecular Hbond substituents is 1. The number of nitrogens with one attached hydrogen (secondary N) is 1. The molecule has 26 heavy (non-hydrogen) atoms. The Morgan fingerprint density at radius 3 is 2.35 bits per heavy atom. The van der Waals surface area contributed by atoms with Gasteiger partial charge in [-0.3, -0.25) is 0 Å². The van der Waals surface area contributed by atoms with Crippen molar-refractivity contribution >= 4 is 6.03 Å². The standard InChI is InChI=1S/C20H31N3O3/c1-2-18(16-5-7-17(24)8-6-16)21-19(25)23-13-9-20(26,10-14-23)15-22-11-3-4-12-22/h5-8,18,24,26H,2-4,9-15H2,1H3,(H,21,25)/t18-/m1/s1. The summed E-state index contributed by atoms with van der Waals surface area (Å²) in [6.07, 6.45) is 4.49. The molecule has 3 N–H and O–H groups in total. The van der Waals surface area contributed by atoms with E-state index in [0.717, 1.165) is 31.6 Å². The number of amides is 2. The molecule has 0 aromatic heterocycles. The number of aliphatic hydroxyl groups is 1. The number of carbonyl (C=O) groups is 1. The first-order chi connectivity index (χ1) is 12.5. The van der Waals surface area contributed by atoms with E-state index in [9.17, 15) is 15.0 Å². The highest BCUT2D eigenvalue weighted by Gasteiger charge is 2.36. The zero-order valence-electron chi connectivity index (χ0n) is 15.7. The van der Waals surface area contributed by atoms with E-state index < -0.39 is 5.60 Å². The third kappa shape index (κ3) is 4.68. The molecule has 1 atom stereocenters. The lowest BCUT2D eigenvalue weighted by Crippen LogP contribution is -2.53. The van der Waals surface area contributed by atoms with E-state index in [-0.39, 0.29) is 17.8 Å². The maximum atomic E-state index is 12.6. The third-order valence-corrected chi connectivity index (χ3v) is 5.70. The Labute approximate surface area is 155 Å². The first-order valence-corrected chi connectivity index (χ1v) is 9.78. The molecule has 0 saturated carbocycles. The fourth-order valence-electron chi connectivity index (χ4n) is 4.01. The average Bonchev–Trinajstić information content (AvgIpc) is 3.13. The van der Waals surface area contributed by atoms with Gasteiger partial charge >= 0.3 is 6.03 Å². The van der Waals surface area contributed by atoms with Gasteiger partial charge < -0.3 is 25.3 Å². The van der Waals surface area contributed by atoms with Crippen molar-refractivity contribution in [2.75, 3.05) is 32.7 Å². The van der Waals surface area contributed by atoms with Crippen molar-refractivity contribution in [1.29, 1.82) is 0 Å². The number of carbonyl (C=O) groups excluding carboxylic acids is 1. The zero-order chi connectivity index (χ0) is 18.6. The molecule has 0 spiro atoms. The lowest BCUT2D eigenvalue weighted by atomic mass is 9.91. The van der Waals surface area contributed by atoms with E-state index in [2.05, 4.69) is 10.2 Å². The number of rotatable bonds is 5. The third-order valence-electron chi connectivity index (χ3n) is 5.70. The molecule has 0 unspecified atom stereocenters. The number of β-amino-alcohol motifs (C(OH)–C–C–N with tert-alkyl or cyclic N) is 1. The average molecular weight is 361 g/mol. The number of phenols is 1. The van der Waals surface area contributed by atoms with Crippen LogP contribution in [0.3, 0.4) is 0 Å². The van der Waals surface area contributed by atoms with Crippen molar-refractivity contribution in [2.24, 2.45) is 0 Å². The summed E-state index contributed by atoms with van der Waals surface area (Å²) >= 11 is 0. The van der Waals surface area contributed by atoms with Gasteiger partial charge in [-0.25, -0.2) is 4.79 Å². The normalized spacial score (nSPS) is 21.5. The number of benzene rings is 1. The predicted octanol–water partition coefficient (Wildman–Crippen LogP) is 2.48. The minimum absolute atomic E-state index is 0.0755. The van der Waals surface area contributed by atoms with Gasteiger partial charge in [0.1, 0.15) is 5.75 Å². The van der Waals surface area contributed by atoms with Crippen LogP contribution >= 0.6 is 0 Å². The predicted molar refractivity (Wildman–Crippen MR) is 101 cm³/mol. The Balaban J connectivity index is 1.51. The highest BCUT2D eigenvalue weighted by molar-refractivity contribution is 5.74. The van der Waals surface area contributed by atoms with Crippen LogP contribution in [0.4, 0.5) is 4.79 Å². The molecule has 6 nitrogen and oxygen atoms in total. The first-order valence-electron chi connectivity index (χ1n) is 9.78. The van der Waals surface area contributed by atoms with Crippen molar-refractivity contribution in [3.8, 4) is 5.75 Å². The van der Waals surface area contributed by atoms with E-state index in [4.69, 9.17) is 0 Å². The maximum Gasteiger partial charge on any atom is 0.317 e. The Hall–Kier alpha value is -1.79. The first kappa shape index (κ1) is 19.0. The second-order valence-corrected chi connectivity index (χ2v) is 7.70. The quantitative estimate of drug-likeness (QED) is 0.753. The van der Waals surface area contributed by atoms with Gasteiger partial charge in [-0.2, -0.15) is 0 Å². The van der Waals surface area contributed by atoms with Crippen LogP contribution in [0.1, 0.15) is 50.6 Å². The molecule has 0 bridgehead atoms. The van der Waals surface area contributed by atoms with E-state index in [1.165, 1.54) is 12.8 Å². The summed E-state index contributed by atoms with van der Waals surface area (Å²) < 4.78 is 0. The second kappa shape index (κ2) is 8.27. The molecule has 2 saturated heterocycles. The lowest BCUT2D eigenvalue weighted by Gasteiger charge is -2.40. The number of nitrogens with zero attached hydrogens (tertiary/aromatic N) is 2. The Kier molecular flexibility index (Phi) is 6.04. The number of urea groups is 1. The topological polar surface area (TPSA) is 76.0 Å². The van der Waals surface area contributed by atoms with Crippen molar-refractivity contribution in [3.63, 3.8) is 0 Å². The highest BCUT2D eigenvalue weighted by Crippen LogP contribution is 2.26. The molecular formula is C20H31N3O3. The lowest BCUT2D eigenvalue weighted by molar-refractivity contribution is -0.0341. The van der Waals surface area contributed by atoms with Gasteiger partial charge in [-0.1, -0.05) is 19.1 Å². The van der Waals surface area contributed by atoms with Crippen molar-refractivity contribution in [2.45, 2.75) is 50.7 Å². The van der Waals surface area contributed by atoms with Crippen LogP contribution in [-0.2, 0) is 0 Å². The van der Waals surface area contributed by atoms with E-state index in [0.29, 0.717) is 25.9 Å². The summed E-state index contributed by atoms with van der Waals surface area (Å²) in [5, 5.41) is 23.4. The number of hydrogen-bond acceptors (Lipinski definition) is 4. The maximum absolute atomic E-state index is 12.6. The van der Waals surface area contributed by atoms with Crippen LogP contribution in [0, 0.1) is 0 Å². The molecular weight excluding hydrogens is 330 g/mol. The summed E-state index contributed by atoms with van der Waals surface area (Å²) in [5.74, 6) is 0.225. The van der Waals surface area contributed by atoms with Crippen LogP contribution in [0.25, 0.3) is 0 Å². The molecule has 0 radical (unpaired) electrons. The summed E-state index contributed by atoms with van der Waals surface area (Å²) in [5.41, 5.74) is 0.323. The summed E-state index contributed by atoms with van der Waals surface area (Å²) in [6, 6.07) is 6.82. The molecule has 2 aliphatic rings. The summed E-state index contributed by atoms with van der Waals surface area (Å²) in [6.45, 7) is 6.09. The molecule has 3 rings (SSSR count). The van der Waals surface area contributed by atoms with Crippen LogP contribution in [-0.4, -0.2) is 64.4 Å². The molecule has 2 aliphatic heterocycles. The second-order valence-electron chi connectivity index (χ2n) is 7.70. The SMILES string of the molecule is CC[C@@H](NC(=O)N1CCC(O)(CN2CCCC2)CC1)c1ccc(O)cc1. The van der Waals surface area contributed by atoms with E-state index in [1.807, 2.05) is 24.0 Å². The number of hydrogen-bond donors (Lipinski definition) is 3. The smallest absolute Gasteiger partial charge is 0.317 e. The van der Waals surface area contributed by atoms with Crippen molar-refractivity contribution in [3.05, 3.63) is 29.8 Å². The minimum Gasteiger partial charge on any atom is -0.508 e. The molecule has 2 fully saturated rings. The van der Waals surface area contributed by atoms with Crippen LogP contribution in [0.2, 0.25) is 0 Å². The molecule has 2 amide bonds. The van der Waals surface area contributed by atoms with Crippen LogP contribution < -0.4 is 5.32 Å². The van der Waals surface area contributed by atoms with Gasteiger partial charge in [0, 0.05) is 19.6 Å².